The van der Waals surface area contributed by atoms with Gasteiger partial charge in [-0.25, -0.2) is 4.98 Å². The zero-order valence-electron chi connectivity index (χ0n) is 14.4. The first-order valence-electron chi connectivity index (χ1n) is 8.41. The molecule has 3 rings (SSSR count). The van der Waals surface area contributed by atoms with Gasteiger partial charge in [0.1, 0.15) is 5.01 Å². The first-order valence-corrected chi connectivity index (χ1v) is 9.23. The molecule has 0 saturated carbocycles. The fraction of sp³-hybridized carbons (Fsp3) is 0.238. The second-order valence-electron chi connectivity index (χ2n) is 6.37. The number of thiazole rings is 1. The van der Waals surface area contributed by atoms with Gasteiger partial charge in [-0.3, -0.25) is 4.79 Å². The molecule has 0 amide bonds. The number of carboxylic acids is 1. The van der Waals surface area contributed by atoms with Gasteiger partial charge in [0, 0.05) is 6.42 Å². The van der Waals surface area contributed by atoms with Crippen LogP contribution in [0.1, 0.15) is 48.7 Å². The normalized spacial score (nSPS) is 12.0. The van der Waals surface area contributed by atoms with Crippen molar-refractivity contribution >= 4 is 39.2 Å². The second kappa shape index (κ2) is 7.62. The van der Waals surface area contributed by atoms with Gasteiger partial charge in [0.15, 0.2) is 0 Å². The van der Waals surface area contributed by atoms with Gasteiger partial charge in [-0.05, 0) is 47.2 Å². The number of rotatable bonds is 6. The van der Waals surface area contributed by atoms with Gasteiger partial charge in [-0.1, -0.05) is 50.2 Å². The van der Waals surface area contributed by atoms with Crippen molar-refractivity contribution in [3.8, 4) is 0 Å². The molecule has 1 N–H and O–H groups in total. The van der Waals surface area contributed by atoms with Gasteiger partial charge < -0.3 is 5.11 Å². The highest BCUT2D eigenvalue weighted by Gasteiger charge is 2.11. The van der Waals surface area contributed by atoms with Crippen molar-refractivity contribution in [3.05, 3.63) is 64.7 Å². The third kappa shape index (κ3) is 4.34. The number of carbonyl (C=O) groups is 1. The van der Waals surface area contributed by atoms with Gasteiger partial charge in [0.25, 0.3) is 0 Å². The van der Waals surface area contributed by atoms with Crippen molar-refractivity contribution in [2.75, 3.05) is 0 Å². The molecule has 0 radical (unpaired) electrons. The molecule has 25 heavy (non-hydrogen) atoms. The molecule has 0 aliphatic rings. The Kier molecular flexibility index (Phi) is 5.29. The quantitative estimate of drug-likeness (QED) is 0.608. The van der Waals surface area contributed by atoms with Crippen LogP contribution in [0.3, 0.4) is 0 Å². The van der Waals surface area contributed by atoms with Crippen molar-refractivity contribution < 1.29 is 9.90 Å². The third-order valence-corrected chi connectivity index (χ3v) is 5.23. The summed E-state index contributed by atoms with van der Waals surface area (Å²) in [7, 11) is 0. The van der Waals surface area contributed by atoms with E-state index in [1.54, 1.807) is 11.3 Å². The first kappa shape index (κ1) is 17.4. The Morgan fingerprint density at radius 1 is 1.12 bits per heavy atom. The van der Waals surface area contributed by atoms with E-state index in [1.165, 1.54) is 5.56 Å². The number of para-hydroxylation sites is 1. The minimum atomic E-state index is -0.790. The average Bonchev–Trinajstić information content (AvgIpc) is 3.02. The van der Waals surface area contributed by atoms with Crippen molar-refractivity contribution in [2.45, 2.75) is 32.6 Å². The number of hydrogen-bond donors (Lipinski definition) is 1. The van der Waals surface area contributed by atoms with Gasteiger partial charge in [-0.15, -0.1) is 11.3 Å². The molecule has 0 bridgehead atoms. The number of hydrogen-bond acceptors (Lipinski definition) is 3. The van der Waals surface area contributed by atoms with Crippen molar-refractivity contribution in [1.29, 1.82) is 0 Å². The Bertz CT molecular complexity index is 874. The largest absolute Gasteiger partial charge is 0.481 e. The van der Waals surface area contributed by atoms with Crippen LogP contribution in [0, 0.1) is 0 Å². The van der Waals surface area contributed by atoms with Crippen LogP contribution in [-0.4, -0.2) is 16.1 Å². The minimum absolute atomic E-state index is 0.103. The van der Waals surface area contributed by atoms with Gasteiger partial charge >= 0.3 is 5.97 Å². The zero-order chi connectivity index (χ0) is 17.8. The van der Waals surface area contributed by atoms with E-state index in [1.807, 2.05) is 24.3 Å². The molecule has 0 saturated heterocycles. The van der Waals surface area contributed by atoms with Crippen LogP contribution in [0.15, 0.2) is 48.5 Å². The van der Waals surface area contributed by atoms with E-state index in [0.29, 0.717) is 12.3 Å². The van der Waals surface area contributed by atoms with Gasteiger partial charge in [-0.2, -0.15) is 0 Å². The van der Waals surface area contributed by atoms with Crippen molar-refractivity contribution in [3.63, 3.8) is 0 Å². The summed E-state index contributed by atoms with van der Waals surface area (Å²) >= 11 is 1.61. The molecule has 2 aromatic carbocycles. The van der Waals surface area contributed by atoms with E-state index in [-0.39, 0.29) is 6.42 Å². The molecule has 0 aliphatic carbocycles. The summed E-state index contributed by atoms with van der Waals surface area (Å²) < 4.78 is 1.12. The van der Waals surface area contributed by atoms with Crippen LogP contribution >= 0.6 is 11.3 Å². The summed E-state index contributed by atoms with van der Waals surface area (Å²) in [5.74, 6) is -0.295. The highest BCUT2D eigenvalue weighted by atomic mass is 32.1. The molecule has 128 valence electrons. The maximum absolute atomic E-state index is 11.0. The number of carboxylic acid groups (broad SMARTS) is 1. The summed E-state index contributed by atoms with van der Waals surface area (Å²) in [6.07, 6.45) is 2.64. The standard InChI is InChI=1S/C21H21NO2S/c1-14(2)16-9-7-15(8-10-16)13-17(11-12-20(23)24)21-22-18-5-3-4-6-19(18)25-21/h3-10,13-14H,11-12H2,1-2H3,(H,23,24). The predicted octanol–water partition coefficient (Wildman–Crippen LogP) is 5.83. The smallest absolute Gasteiger partial charge is 0.303 e. The summed E-state index contributed by atoms with van der Waals surface area (Å²) in [6, 6.07) is 16.4. The second-order valence-corrected chi connectivity index (χ2v) is 7.40. The topological polar surface area (TPSA) is 50.2 Å². The SMILES string of the molecule is CC(C)c1ccc(C=C(CCC(=O)O)c2nc3ccccc3s2)cc1. The maximum Gasteiger partial charge on any atom is 0.303 e. The van der Waals surface area contributed by atoms with Crippen LogP contribution in [0.4, 0.5) is 0 Å². The zero-order valence-corrected chi connectivity index (χ0v) is 15.2. The first-order chi connectivity index (χ1) is 12.0. The van der Waals surface area contributed by atoms with Crippen LogP contribution in [0.2, 0.25) is 0 Å². The predicted molar refractivity (Wildman–Crippen MR) is 105 cm³/mol. The van der Waals surface area contributed by atoms with Crippen LogP contribution < -0.4 is 0 Å². The van der Waals surface area contributed by atoms with E-state index < -0.39 is 5.97 Å². The fourth-order valence-corrected chi connectivity index (χ4v) is 3.68. The third-order valence-electron chi connectivity index (χ3n) is 4.12. The van der Waals surface area contributed by atoms with E-state index in [9.17, 15) is 4.79 Å². The Morgan fingerprint density at radius 2 is 1.84 bits per heavy atom. The van der Waals surface area contributed by atoms with E-state index >= 15 is 0 Å². The lowest BCUT2D eigenvalue weighted by Crippen LogP contribution is -1.95. The number of benzene rings is 2. The minimum Gasteiger partial charge on any atom is -0.481 e. The molecule has 0 atom stereocenters. The molecular weight excluding hydrogens is 330 g/mol. The lowest BCUT2D eigenvalue weighted by atomic mass is 10.0. The van der Waals surface area contributed by atoms with Crippen molar-refractivity contribution in [1.82, 2.24) is 4.98 Å². The average molecular weight is 351 g/mol. The van der Waals surface area contributed by atoms with Crippen LogP contribution in [-0.2, 0) is 4.79 Å². The van der Waals surface area contributed by atoms with Crippen molar-refractivity contribution in [2.24, 2.45) is 0 Å². The summed E-state index contributed by atoms with van der Waals surface area (Å²) in [4.78, 5) is 15.7. The molecule has 3 nitrogen and oxygen atoms in total. The lowest BCUT2D eigenvalue weighted by molar-refractivity contribution is -0.136. The molecule has 4 heteroatoms. The Morgan fingerprint density at radius 3 is 2.48 bits per heavy atom. The molecule has 1 aromatic heterocycles. The number of aliphatic carboxylic acids is 1. The molecule has 3 aromatic rings. The Labute approximate surface area is 151 Å². The Hall–Kier alpha value is -2.46. The van der Waals surface area contributed by atoms with Gasteiger partial charge in [0.2, 0.25) is 0 Å². The van der Waals surface area contributed by atoms with E-state index in [0.717, 1.165) is 26.4 Å². The monoisotopic (exact) mass is 351 g/mol. The molecular formula is C21H21NO2S. The summed E-state index contributed by atoms with van der Waals surface area (Å²) in [5.41, 5.74) is 4.30. The molecule has 0 fully saturated rings. The molecule has 0 unspecified atom stereocenters. The van der Waals surface area contributed by atoms with Crippen LogP contribution in [0.5, 0.6) is 0 Å². The van der Waals surface area contributed by atoms with E-state index in [2.05, 4.69) is 44.2 Å². The highest BCUT2D eigenvalue weighted by molar-refractivity contribution is 7.19. The lowest BCUT2D eigenvalue weighted by Gasteiger charge is -2.06. The fourth-order valence-electron chi connectivity index (χ4n) is 2.67. The van der Waals surface area contributed by atoms with Crippen LogP contribution in [0.25, 0.3) is 21.9 Å². The Balaban J connectivity index is 1.96. The molecule has 0 aliphatic heterocycles. The van der Waals surface area contributed by atoms with Gasteiger partial charge in [0.05, 0.1) is 10.2 Å². The number of fused-ring (bicyclic) bond motifs is 1. The molecule has 0 spiro atoms. The number of nitrogens with zero attached hydrogens (tertiary/aromatic N) is 1. The molecule has 1 heterocycles. The number of aromatic nitrogens is 1. The maximum atomic E-state index is 11.0. The highest BCUT2D eigenvalue weighted by Crippen LogP contribution is 2.31. The number of allylic oxidation sites excluding steroid dienone is 1. The van der Waals surface area contributed by atoms with E-state index in [4.69, 9.17) is 10.1 Å². The summed E-state index contributed by atoms with van der Waals surface area (Å²) in [6.45, 7) is 4.34. The summed E-state index contributed by atoms with van der Waals surface area (Å²) in [5, 5.41) is 9.97.